The normalized spacial score (nSPS) is 10.8. The number of methoxy groups -OCH3 is 1. The Morgan fingerprint density at radius 1 is 1.33 bits per heavy atom. The maximum atomic E-state index is 12.8. The quantitative estimate of drug-likeness (QED) is 0.775. The molecule has 2 aromatic heterocycles. The van der Waals surface area contributed by atoms with Crippen LogP contribution in [-0.4, -0.2) is 22.4 Å². The summed E-state index contributed by atoms with van der Waals surface area (Å²) in [6, 6.07) is 9.05. The third kappa shape index (κ3) is 2.95. The van der Waals surface area contributed by atoms with Gasteiger partial charge in [-0.1, -0.05) is 18.5 Å². The molecule has 0 aliphatic heterocycles. The number of nitrogens with zero attached hydrogens (tertiary/aromatic N) is 2. The molecule has 1 amide bonds. The van der Waals surface area contributed by atoms with E-state index in [0.717, 1.165) is 16.9 Å². The number of carbonyl (C=O) groups is 1. The highest BCUT2D eigenvalue weighted by molar-refractivity contribution is 6.32. The number of aryl methyl sites for hydroxylation is 2. The second kappa shape index (κ2) is 6.53. The highest BCUT2D eigenvalue weighted by atomic mass is 35.5. The largest absolute Gasteiger partial charge is 0.495 e. The van der Waals surface area contributed by atoms with E-state index in [1.165, 1.54) is 0 Å². The Morgan fingerprint density at radius 2 is 2.12 bits per heavy atom. The number of pyridine rings is 1. The second-order valence-corrected chi connectivity index (χ2v) is 5.90. The Bertz CT molecular complexity index is 918. The maximum Gasteiger partial charge on any atom is 0.274 e. The third-order valence-corrected chi connectivity index (χ3v) is 4.11. The molecule has 0 atom stereocenters. The Labute approximate surface area is 145 Å². The van der Waals surface area contributed by atoms with Crippen LogP contribution in [0.4, 0.5) is 5.69 Å². The van der Waals surface area contributed by atoms with Crippen molar-refractivity contribution >= 4 is 28.8 Å². The van der Waals surface area contributed by atoms with Gasteiger partial charge in [-0.2, -0.15) is 0 Å². The first-order valence-electron chi connectivity index (χ1n) is 7.66. The summed E-state index contributed by atoms with van der Waals surface area (Å²) < 4.78 is 6.94. The minimum absolute atomic E-state index is 0.218. The van der Waals surface area contributed by atoms with Crippen LogP contribution in [0, 0.1) is 6.92 Å². The number of aromatic nitrogens is 2. The molecule has 0 aliphatic carbocycles. The van der Waals surface area contributed by atoms with Crippen LogP contribution in [0.25, 0.3) is 5.65 Å². The van der Waals surface area contributed by atoms with Gasteiger partial charge in [-0.3, -0.25) is 9.20 Å². The topological polar surface area (TPSA) is 55.6 Å². The molecule has 0 saturated heterocycles. The van der Waals surface area contributed by atoms with E-state index >= 15 is 0 Å². The lowest BCUT2D eigenvalue weighted by Crippen LogP contribution is -2.16. The lowest BCUT2D eigenvalue weighted by atomic mass is 10.2. The van der Waals surface area contributed by atoms with Crippen LogP contribution < -0.4 is 10.1 Å². The van der Waals surface area contributed by atoms with Gasteiger partial charge in [-0.05, 0) is 49.2 Å². The van der Waals surface area contributed by atoms with Gasteiger partial charge in [-0.25, -0.2) is 4.98 Å². The van der Waals surface area contributed by atoms with E-state index in [4.69, 9.17) is 16.3 Å². The first-order valence-corrected chi connectivity index (χ1v) is 8.03. The predicted molar refractivity (Wildman–Crippen MR) is 95.3 cm³/mol. The summed E-state index contributed by atoms with van der Waals surface area (Å²) in [5.74, 6) is 0.346. The van der Waals surface area contributed by atoms with Crippen molar-refractivity contribution in [3.05, 3.63) is 58.5 Å². The molecular formula is C18H18ClN3O2. The minimum Gasteiger partial charge on any atom is -0.495 e. The van der Waals surface area contributed by atoms with E-state index in [9.17, 15) is 4.79 Å². The van der Waals surface area contributed by atoms with E-state index in [1.54, 1.807) is 25.3 Å². The molecule has 0 unspecified atom stereocenters. The lowest BCUT2D eigenvalue weighted by molar-refractivity contribution is 0.102. The number of ether oxygens (including phenoxy) is 1. The van der Waals surface area contributed by atoms with Crippen molar-refractivity contribution in [3.63, 3.8) is 0 Å². The van der Waals surface area contributed by atoms with Crippen LogP contribution in [0.3, 0.4) is 0 Å². The van der Waals surface area contributed by atoms with Crippen molar-refractivity contribution in [3.8, 4) is 5.75 Å². The number of benzene rings is 1. The van der Waals surface area contributed by atoms with Gasteiger partial charge in [0.25, 0.3) is 5.91 Å². The fraction of sp³-hybridized carbons (Fsp3) is 0.222. The Morgan fingerprint density at radius 3 is 2.79 bits per heavy atom. The smallest absolute Gasteiger partial charge is 0.274 e. The van der Waals surface area contributed by atoms with Crippen molar-refractivity contribution in [2.24, 2.45) is 0 Å². The molecule has 1 aromatic carbocycles. The van der Waals surface area contributed by atoms with Crippen LogP contribution in [-0.2, 0) is 6.42 Å². The summed E-state index contributed by atoms with van der Waals surface area (Å²) in [5, 5.41) is 3.32. The first-order chi connectivity index (χ1) is 11.5. The second-order valence-electron chi connectivity index (χ2n) is 5.50. The zero-order valence-electron chi connectivity index (χ0n) is 13.8. The minimum atomic E-state index is -0.218. The Hall–Kier alpha value is -2.53. The number of amides is 1. The van der Waals surface area contributed by atoms with Crippen molar-refractivity contribution in [1.82, 2.24) is 9.38 Å². The highest BCUT2D eigenvalue weighted by Crippen LogP contribution is 2.27. The van der Waals surface area contributed by atoms with Gasteiger partial charge in [0, 0.05) is 11.9 Å². The molecule has 5 nitrogen and oxygen atoms in total. The number of nitrogens with one attached hydrogen (secondary N) is 1. The molecule has 3 rings (SSSR count). The van der Waals surface area contributed by atoms with Crippen molar-refractivity contribution in [1.29, 1.82) is 0 Å². The Kier molecular flexibility index (Phi) is 4.44. The standard InChI is InChI=1S/C18H18ClN3O2/c1-4-14-17(22-8-7-11(2)9-16(22)21-14)18(23)20-12-5-6-15(24-3)13(19)10-12/h5-10H,4H2,1-3H3,(H,20,23). The molecule has 0 radical (unpaired) electrons. The molecule has 0 bridgehead atoms. The summed E-state index contributed by atoms with van der Waals surface area (Å²) in [5.41, 5.74) is 3.78. The van der Waals surface area contributed by atoms with Gasteiger partial charge in [-0.15, -0.1) is 0 Å². The summed E-state index contributed by atoms with van der Waals surface area (Å²) in [6.45, 7) is 3.98. The number of halogens is 1. The zero-order valence-corrected chi connectivity index (χ0v) is 14.5. The van der Waals surface area contributed by atoms with Crippen LogP contribution >= 0.6 is 11.6 Å². The number of rotatable bonds is 4. The molecule has 3 aromatic rings. The summed E-state index contributed by atoms with van der Waals surface area (Å²) >= 11 is 6.12. The van der Waals surface area contributed by atoms with Crippen molar-refractivity contribution < 1.29 is 9.53 Å². The van der Waals surface area contributed by atoms with Gasteiger partial charge in [0.05, 0.1) is 17.8 Å². The molecule has 1 N–H and O–H groups in total. The fourth-order valence-corrected chi connectivity index (χ4v) is 2.87. The molecule has 0 spiro atoms. The first kappa shape index (κ1) is 16.3. The molecular weight excluding hydrogens is 326 g/mol. The summed E-state index contributed by atoms with van der Waals surface area (Å²) in [6.07, 6.45) is 2.54. The molecule has 6 heteroatoms. The number of carbonyl (C=O) groups excluding carboxylic acids is 1. The average Bonchev–Trinajstić information content (AvgIpc) is 2.92. The Balaban J connectivity index is 1.98. The average molecular weight is 344 g/mol. The van der Waals surface area contributed by atoms with Gasteiger partial charge < -0.3 is 10.1 Å². The monoisotopic (exact) mass is 343 g/mol. The van der Waals surface area contributed by atoms with Gasteiger partial charge in [0.2, 0.25) is 0 Å². The number of fused-ring (bicyclic) bond motifs is 1. The van der Waals surface area contributed by atoms with E-state index in [1.807, 2.05) is 36.6 Å². The van der Waals surface area contributed by atoms with Gasteiger partial charge in [0.15, 0.2) is 0 Å². The number of hydrogen-bond acceptors (Lipinski definition) is 3. The maximum absolute atomic E-state index is 12.8. The molecule has 0 saturated carbocycles. The van der Waals surface area contributed by atoms with Crippen LogP contribution in [0.2, 0.25) is 5.02 Å². The molecule has 2 heterocycles. The van der Waals surface area contributed by atoms with Crippen molar-refractivity contribution in [2.45, 2.75) is 20.3 Å². The number of imidazole rings is 1. The predicted octanol–water partition coefficient (Wildman–Crippen LogP) is 4.12. The van der Waals surface area contributed by atoms with Crippen LogP contribution in [0.1, 0.15) is 28.7 Å². The van der Waals surface area contributed by atoms with E-state index in [-0.39, 0.29) is 5.91 Å². The van der Waals surface area contributed by atoms with Crippen LogP contribution in [0.15, 0.2) is 36.5 Å². The molecule has 124 valence electrons. The van der Waals surface area contributed by atoms with Gasteiger partial charge in [0.1, 0.15) is 17.1 Å². The summed E-state index contributed by atoms with van der Waals surface area (Å²) in [7, 11) is 1.55. The van der Waals surface area contributed by atoms with Gasteiger partial charge >= 0.3 is 0 Å². The fourth-order valence-electron chi connectivity index (χ4n) is 2.62. The molecule has 0 fully saturated rings. The van der Waals surface area contributed by atoms with E-state index in [2.05, 4.69) is 10.3 Å². The molecule has 24 heavy (non-hydrogen) atoms. The summed E-state index contributed by atoms with van der Waals surface area (Å²) in [4.78, 5) is 17.3. The van der Waals surface area contributed by atoms with Crippen LogP contribution in [0.5, 0.6) is 5.75 Å². The highest BCUT2D eigenvalue weighted by Gasteiger charge is 2.18. The SMILES string of the molecule is CCc1nc2cc(C)ccn2c1C(=O)Nc1ccc(OC)c(Cl)c1. The number of anilines is 1. The number of hydrogen-bond donors (Lipinski definition) is 1. The van der Waals surface area contributed by atoms with E-state index < -0.39 is 0 Å². The molecule has 0 aliphatic rings. The third-order valence-electron chi connectivity index (χ3n) is 3.81. The van der Waals surface area contributed by atoms with E-state index in [0.29, 0.717) is 28.6 Å². The zero-order chi connectivity index (χ0) is 17.3. The lowest BCUT2D eigenvalue weighted by Gasteiger charge is -2.09. The van der Waals surface area contributed by atoms with Crippen molar-refractivity contribution in [2.75, 3.05) is 12.4 Å².